The van der Waals surface area contributed by atoms with Gasteiger partial charge in [0.1, 0.15) is 0 Å². The third-order valence-corrected chi connectivity index (χ3v) is 3.59. The minimum Gasteiger partial charge on any atom is -0.395 e. The summed E-state index contributed by atoms with van der Waals surface area (Å²) in [7, 11) is 0. The zero-order valence-corrected chi connectivity index (χ0v) is 11.3. The van der Waals surface area contributed by atoms with Gasteiger partial charge >= 0.3 is 0 Å². The van der Waals surface area contributed by atoms with E-state index >= 15 is 0 Å². The van der Waals surface area contributed by atoms with Gasteiger partial charge in [0.05, 0.1) is 12.6 Å². The summed E-state index contributed by atoms with van der Waals surface area (Å²) in [4.78, 5) is 14.2. The first-order chi connectivity index (χ1) is 7.88. The van der Waals surface area contributed by atoms with Crippen LogP contribution in [-0.2, 0) is 4.79 Å². The van der Waals surface area contributed by atoms with Gasteiger partial charge in [0.25, 0.3) is 0 Å². The van der Waals surface area contributed by atoms with E-state index in [1.165, 1.54) is 12.8 Å². The quantitative estimate of drug-likeness (QED) is 0.776. The number of nitrogens with two attached hydrogens (primary N) is 1. The Balaban J connectivity index is 2.72. The van der Waals surface area contributed by atoms with Gasteiger partial charge in [0.15, 0.2) is 0 Å². The topological polar surface area (TPSA) is 66.6 Å². The van der Waals surface area contributed by atoms with Crippen molar-refractivity contribution < 1.29 is 9.90 Å². The number of aliphatic hydroxyl groups excluding tert-OH is 1. The fourth-order valence-corrected chi connectivity index (χ4v) is 2.35. The van der Waals surface area contributed by atoms with Gasteiger partial charge < -0.3 is 15.7 Å². The number of amides is 1. The van der Waals surface area contributed by atoms with Gasteiger partial charge in [-0.3, -0.25) is 4.79 Å². The Morgan fingerprint density at radius 3 is 2.35 bits per heavy atom. The third-order valence-electron chi connectivity index (χ3n) is 3.59. The summed E-state index contributed by atoms with van der Waals surface area (Å²) in [5.41, 5.74) is 5.79. The zero-order chi connectivity index (χ0) is 13.1. The van der Waals surface area contributed by atoms with Crippen molar-refractivity contribution in [2.45, 2.75) is 58.5 Å². The van der Waals surface area contributed by atoms with E-state index in [0.717, 1.165) is 12.8 Å². The molecule has 1 fully saturated rings. The van der Waals surface area contributed by atoms with E-state index < -0.39 is 6.04 Å². The van der Waals surface area contributed by atoms with Crippen molar-refractivity contribution in [3.63, 3.8) is 0 Å². The van der Waals surface area contributed by atoms with Gasteiger partial charge in [-0.05, 0) is 18.3 Å². The van der Waals surface area contributed by atoms with Gasteiger partial charge in [0, 0.05) is 12.6 Å². The number of carbonyl (C=O) groups excluding carboxylic acids is 1. The van der Waals surface area contributed by atoms with Crippen LogP contribution in [0.15, 0.2) is 0 Å². The number of nitrogens with zero attached hydrogens (tertiary/aromatic N) is 1. The molecule has 100 valence electrons. The fourth-order valence-electron chi connectivity index (χ4n) is 2.35. The van der Waals surface area contributed by atoms with Gasteiger partial charge in [-0.15, -0.1) is 0 Å². The number of hydrogen-bond acceptors (Lipinski definition) is 3. The second-order valence-corrected chi connectivity index (χ2v) is 6.04. The minimum absolute atomic E-state index is 0.0130. The van der Waals surface area contributed by atoms with Crippen LogP contribution >= 0.6 is 0 Å². The van der Waals surface area contributed by atoms with Gasteiger partial charge in [-0.1, -0.05) is 33.6 Å². The molecule has 3 N–H and O–H groups in total. The highest BCUT2D eigenvalue weighted by Gasteiger charge is 2.34. The molecule has 0 bridgehead atoms. The summed E-state index contributed by atoms with van der Waals surface area (Å²) in [5.74, 6) is -0.0153. The van der Waals surface area contributed by atoms with Crippen molar-refractivity contribution >= 4 is 5.91 Å². The molecule has 0 aromatic rings. The summed E-state index contributed by atoms with van der Waals surface area (Å²) in [6.45, 7) is 6.34. The molecule has 0 aromatic carbocycles. The van der Waals surface area contributed by atoms with Gasteiger partial charge in [0.2, 0.25) is 5.91 Å². The van der Waals surface area contributed by atoms with Crippen LogP contribution in [-0.4, -0.2) is 41.1 Å². The van der Waals surface area contributed by atoms with Crippen molar-refractivity contribution in [1.82, 2.24) is 4.90 Å². The molecule has 1 amide bonds. The molecule has 0 spiro atoms. The van der Waals surface area contributed by atoms with Crippen LogP contribution in [0.2, 0.25) is 0 Å². The van der Waals surface area contributed by atoms with Crippen LogP contribution in [0.1, 0.15) is 46.5 Å². The number of carbonyl (C=O) groups is 1. The molecule has 0 heterocycles. The van der Waals surface area contributed by atoms with E-state index in [4.69, 9.17) is 10.8 Å². The van der Waals surface area contributed by atoms with Gasteiger partial charge in [-0.25, -0.2) is 0 Å². The Bertz CT molecular complexity index is 255. The van der Waals surface area contributed by atoms with E-state index in [2.05, 4.69) is 0 Å². The van der Waals surface area contributed by atoms with Crippen LogP contribution in [0.3, 0.4) is 0 Å². The molecular weight excluding hydrogens is 216 g/mol. The maximum absolute atomic E-state index is 12.4. The van der Waals surface area contributed by atoms with E-state index in [9.17, 15) is 4.79 Å². The first kappa shape index (κ1) is 14.5. The molecule has 1 aliphatic rings. The van der Waals surface area contributed by atoms with Crippen LogP contribution in [0.5, 0.6) is 0 Å². The van der Waals surface area contributed by atoms with Crippen LogP contribution in [0.25, 0.3) is 0 Å². The van der Waals surface area contributed by atoms with Crippen LogP contribution in [0.4, 0.5) is 0 Å². The Morgan fingerprint density at radius 1 is 1.41 bits per heavy atom. The highest BCUT2D eigenvalue weighted by Crippen LogP contribution is 2.26. The lowest BCUT2D eigenvalue weighted by molar-refractivity contribution is -0.137. The van der Waals surface area contributed by atoms with Crippen molar-refractivity contribution in [2.24, 2.45) is 11.1 Å². The molecule has 0 aromatic heterocycles. The predicted octanol–water partition coefficient (Wildman–Crippen LogP) is 1.12. The molecule has 1 aliphatic carbocycles. The largest absolute Gasteiger partial charge is 0.395 e. The summed E-state index contributed by atoms with van der Waals surface area (Å²) >= 11 is 0. The molecule has 1 saturated carbocycles. The maximum atomic E-state index is 12.4. The molecule has 0 radical (unpaired) electrons. The molecule has 1 atom stereocenters. The molecule has 0 saturated heterocycles. The predicted molar refractivity (Wildman–Crippen MR) is 68.5 cm³/mol. The standard InChI is InChI=1S/C13H26N2O2/c1-13(2,3)11(14)12(17)15(8-9-16)10-6-4-5-7-10/h10-11,16H,4-9,14H2,1-3H3/t11-/m1/s1. The first-order valence-corrected chi connectivity index (χ1v) is 6.55. The zero-order valence-electron chi connectivity index (χ0n) is 11.3. The smallest absolute Gasteiger partial charge is 0.240 e. The second kappa shape index (κ2) is 5.83. The normalized spacial score (nSPS) is 19.4. The second-order valence-electron chi connectivity index (χ2n) is 6.04. The summed E-state index contributed by atoms with van der Waals surface area (Å²) in [6.07, 6.45) is 4.43. The lowest BCUT2D eigenvalue weighted by Gasteiger charge is -2.35. The van der Waals surface area contributed by atoms with Crippen LogP contribution < -0.4 is 5.73 Å². The summed E-state index contributed by atoms with van der Waals surface area (Å²) < 4.78 is 0. The number of aliphatic hydroxyl groups is 1. The van der Waals surface area contributed by atoms with Crippen molar-refractivity contribution in [2.75, 3.05) is 13.2 Å². The lowest BCUT2D eigenvalue weighted by Crippen LogP contribution is -2.53. The summed E-state index contributed by atoms with van der Waals surface area (Å²) in [6, 6.07) is -0.210. The van der Waals surface area contributed by atoms with Crippen molar-refractivity contribution in [3.05, 3.63) is 0 Å². The van der Waals surface area contributed by atoms with Crippen molar-refractivity contribution in [1.29, 1.82) is 0 Å². The fraction of sp³-hybridized carbons (Fsp3) is 0.923. The molecule has 0 unspecified atom stereocenters. The third kappa shape index (κ3) is 3.68. The Kier molecular flexibility index (Phi) is 4.95. The highest BCUT2D eigenvalue weighted by molar-refractivity contribution is 5.82. The molecule has 4 heteroatoms. The molecular formula is C13H26N2O2. The first-order valence-electron chi connectivity index (χ1n) is 6.55. The average molecular weight is 242 g/mol. The van der Waals surface area contributed by atoms with Gasteiger partial charge in [-0.2, -0.15) is 0 Å². The Hall–Kier alpha value is -0.610. The molecule has 0 aliphatic heterocycles. The minimum atomic E-state index is -0.491. The van der Waals surface area contributed by atoms with E-state index in [-0.39, 0.29) is 24.0 Å². The SMILES string of the molecule is CC(C)(C)[C@H](N)C(=O)N(CCO)C1CCCC1. The maximum Gasteiger partial charge on any atom is 0.240 e. The van der Waals surface area contributed by atoms with Crippen LogP contribution in [0, 0.1) is 5.41 Å². The summed E-state index contributed by atoms with van der Waals surface area (Å²) in [5, 5.41) is 9.10. The molecule has 4 nitrogen and oxygen atoms in total. The van der Waals surface area contributed by atoms with Crippen molar-refractivity contribution in [3.8, 4) is 0 Å². The lowest BCUT2D eigenvalue weighted by atomic mass is 9.86. The molecule has 17 heavy (non-hydrogen) atoms. The highest BCUT2D eigenvalue weighted by atomic mass is 16.3. The Morgan fingerprint density at radius 2 is 1.94 bits per heavy atom. The van der Waals surface area contributed by atoms with E-state index in [1.807, 2.05) is 20.8 Å². The molecule has 1 rings (SSSR count). The number of rotatable bonds is 4. The van der Waals surface area contributed by atoms with E-state index in [1.54, 1.807) is 4.90 Å². The van der Waals surface area contributed by atoms with E-state index in [0.29, 0.717) is 6.54 Å². The average Bonchev–Trinajstić information content (AvgIpc) is 2.75. The number of hydrogen-bond donors (Lipinski definition) is 2. The monoisotopic (exact) mass is 242 g/mol. The Labute approximate surface area is 104 Å².